The molecule has 0 aliphatic carbocycles. The van der Waals surface area contributed by atoms with Crippen LogP contribution in [-0.2, 0) is 0 Å². The lowest BCUT2D eigenvalue weighted by Crippen LogP contribution is -2.10. The van der Waals surface area contributed by atoms with Gasteiger partial charge in [-0.15, -0.1) is 0 Å². The summed E-state index contributed by atoms with van der Waals surface area (Å²) >= 11 is 0. The van der Waals surface area contributed by atoms with E-state index in [0.29, 0.717) is 19.7 Å². The Labute approximate surface area is 83.7 Å². The zero-order valence-corrected chi connectivity index (χ0v) is 8.07. The minimum atomic E-state index is 0.130. The maximum Gasteiger partial charge on any atom is 0.119 e. The molecule has 0 saturated heterocycles. The third-order valence-corrected chi connectivity index (χ3v) is 1.68. The summed E-state index contributed by atoms with van der Waals surface area (Å²) < 4.78 is 5.31. The summed E-state index contributed by atoms with van der Waals surface area (Å²) in [6.45, 7) is 1.74. The van der Waals surface area contributed by atoms with E-state index in [1.165, 1.54) is 0 Å². The average Bonchev–Trinajstić information content (AvgIpc) is 2.25. The van der Waals surface area contributed by atoms with Crippen molar-refractivity contribution in [1.29, 1.82) is 0 Å². The van der Waals surface area contributed by atoms with Gasteiger partial charge in [0.15, 0.2) is 0 Å². The number of aliphatic hydroxyl groups excluding tert-OH is 1. The topological polar surface area (TPSA) is 67.5 Å². The molecule has 14 heavy (non-hydrogen) atoms. The Bertz CT molecular complexity index is 222. The molecule has 1 aromatic rings. The van der Waals surface area contributed by atoms with Crippen molar-refractivity contribution in [2.45, 2.75) is 0 Å². The smallest absolute Gasteiger partial charge is 0.119 e. The molecule has 1 rings (SSSR count). The van der Waals surface area contributed by atoms with Gasteiger partial charge in [-0.25, -0.2) is 0 Å². The number of rotatable bonds is 6. The lowest BCUT2D eigenvalue weighted by molar-refractivity contribution is 0.311. The molecule has 0 amide bonds. The van der Waals surface area contributed by atoms with Gasteiger partial charge < -0.3 is 20.9 Å². The Kier molecular flexibility index (Phi) is 4.82. The summed E-state index contributed by atoms with van der Waals surface area (Å²) in [7, 11) is 0. The maximum absolute atomic E-state index is 8.60. The molecule has 78 valence electrons. The van der Waals surface area contributed by atoms with E-state index < -0.39 is 0 Å². The SMILES string of the molecule is NCCOc1ccc(NCCO)cc1. The number of benzene rings is 1. The number of ether oxygens (including phenoxy) is 1. The summed E-state index contributed by atoms with van der Waals surface area (Å²) in [5.41, 5.74) is 6.28. The molecule has 0 aliphatic rings. The molecule has 4 heteroatoms. The number of nitrogens with two attached hydrogens (primary N) is 1. The molecule has 0 saturated carbocycles. The summed E-state index contributed by atoms with van der Waals surface area (Å²) in [5.74, 6) is 0.810. The van der Waals surface area contributed by atoms with Crippen LogP contribution in [0.4, 0.5) is 5.69 Å². The summed E-state index contributed by atoms with van der Waals surface area (Å²) in [5, 5.41) is 11.6. The average molecular weight is 196 g/mol. The predicted molar refractivity (Wildman–Crippen MR) is 56.6 cm³/mol. The van der Waals surface area contributed by atoms with Crippen molar-refractivity contribution in [3.63, 3.8) is 0 Å². The first-order valence-electron chi connectivity index (χ1n) is 4.64. The molecular weight excluding hydrogens is 180 g/mol. The Morgan fingerprint density at radius 3 is 2.57 bits per heavy atom. The van der Waals surface area contributed by atoms with Gasteiger partial charge >= 0.3 is 0 Å². The molecule has 1 aromatic carbocycles. The van der Waals surface area contributed by atoms with Gasteiger partial charge in [-0.1, -0.05) is 0 Å². The molecule has 4 nitrogen and oxygen atoms in total. The van der Waals surface area contributed by atoms with Crippen LogP contribution in [0.1, 0.15) is 0 Å². The first-order chi connectivity index (χ1) is 6.86. The van der Waals surface area contributed by atoms with Gasteiger partial charge in [-0.2, -0.15) is 0 Å². The highest BCUT2D eigenvalue weighted by atomic mass is 16.5. The van der Waals surface area contributed by atoms with Gasteiger partial charge in [0.2, 0.25) is 0 Å². The van der Waals surface area contributed by atoms with Gasteiger partial charge in [0.25, 0.3) is 0 Å². The molecule has 0 fully saturated rings. The van der Waals surface area contributed by atoms with Crippen molar-refractivity contribution in [3.05, 3.63) is 24.3 Å². The van der Waals surface area contributed by atoms with Crippen LogP contribution >= 0.6 is 0 Å². The van der Waals surface area contributed by atoms with Gasteiger partial charge in [0.1, 0.15) is 12.4 Å². The van der Waals surface area contributed by atoms with Crippen LogP contribution in [0, 0.1) is 0 Å². The fraction of sp³-hybridized carbons (Fsp3) is 0.400. The van der Waals surface area contributed by atoms with Crippen LogP contribution in [0.3, 0.4) is 0 Å². The Morgan fingerprint density at radius 1 is 1.29 bits per heavy atom. The molecule has 0 bridgehead atoms. The standard InChI is InChI=1S/C10H16N2O2/c11-5-8-14-10-3-1-9(2-4-10)12-6-7-13/h1-4,12-13H,5-8,11H2. The van der Waals surface area contributed by atoms with E-state index in [1.807, 2.05) is 24.3 Å². The van der Waals surface area contributed by atoms with Crippen LogP contribution in [0.5, 0.6) is 5.75 Å². The molecule has 4 N–H and O–H groups in total. The third kappa shape index (κ3) is 3.64. The fourth-order valence-electron chi connectivity index (χ4n) is 1.05. The number of anilines is 1. The largest absolute Gasteiger partial charge is 0.492 e. The summed E-state index contributed by atoms with van der Waals surface area (Å²) in [6.07, 6.45) is 0. The molecule has 0 heterocycles. The highest BCUT2D eigenvalue weighted by Crippen LogP contribution is 2.14. The monoisotopic (exact) mass is 196 g/mol. The second-order valence-corrected chi connectivity index (χ2v) is 2.81. The Balaban J connectivity index is 2.42. The van der Waals surface area contributed by atoms with E-state index in [-0.39, 0.29) is 6.61 Å². The molecule has 0 aromatic heterocycles. The minimum Gasteiger partial charge on any atom is -0.492 e. The molecule has 0 aliphatic heterocycles. The van der Waals surface area contributed by atoms with Crippen molar-refractivity contribution in [2.75, 3.05) is 31.6 Å². The van der Waals surface area contributed by atoms with Crippen LogP contribution < -0.4 is 15.8 Å². The first-order valence-corrected chi connectivity index (χ1v) is 4.64. The number of hydrogen-bond donors (Lipinski definition) is 3. The molecule has 0 unspecified atom stereocenters. The Morgan fingerprint density at radius 2 is 2.00 bits per heavy atom. The number of hydrogen-bond acceptors (Lipinski definition) is 4. The van der Waals surface area contributed by atoms with E-state index in [4.69, 9.17) is 15.6 Å². The van der Waals surface area contributed by atoms with Crippen LogP contribution in [-0.4, -0.2) is 31.4 Å². The minimum absolute atomic E-state index is 0.130. The second-order valence-electron chi connectivity index (χ2n) is 2.81. The highest BCUT2D eigenvalue weighted by Gasteiger charge is 1.93. The van der Waals surface area contributed by atoms with E-state index in [9.17, 15) is 0 Å². The molecule has 0 atom stereocenters. The normalized spacial score (nSPS) is 9.86. The van der Waals surface area contributed by atoms with Gasteiger partial charge in [0, 0.05) is 18.8 Å². The lowest BCUT2D eigenvalue weighted by Gasteiger charge is -2.06. The van der Waals surface area contributed by atoms with Gasteiger partial charge in [0.05, 0.1) is 6.61 Å². The number of aliphatic hydroxyl groups is 1. The van der Waals surface area contributed by atoms with Crippen molar-refractivity contribution < 1.29 is 9.84 Å². The zero-order chi connectivity index (χ0) is 10.2. The quantitative estimate of drug-likeness (QED) is 0.617. The third-order valence-electron chi connectivity index (χ3n) is 1.68. The highest BCUT2D eigenvalue weighted by molar-refractivity contribution is 5.46. The molecular formula is C10H16N2O2. The van der Waals surface area contributed by atoms with Crippen LogP contribution in [0.25, 0.3) is 0 Å². The zero-order valence-electron chi connectivity index (χ0n) is 8.07. The molecule has 0 spiro atoms. The maximum atomic E-state index is 8.60. The van der Waals surface area contributed by atoms with E-state index in [0.717, 1.165) is 11.4 Å². The first kappa shape index (κ1) is 10.8. The summed E-state index contributed by atoms with van der Waals surface area (Å²) in [6, 6.07) is 7.55. The van der Waals surface area contributed by atoms with Crippen LogP contribution in [0.2, 0.25) is 0 Å². The van der Waals surface area contributed by atoms with Gasteiger partial charge in [-0.05, 0) is 24.3 Å². The second kappa shape index (κ2) is 6.23. The van der Waals surface area contributed by atoms with Crippen molar-refractivity contribution in [1.82, 2.24) is 0 Å². The van der Waals surface area contributed by atoms with Crippen LogP contribution in [0.15, 0.2) is 24.3 Å². The number of nitrogens with one attached hydrogen (secondary N) is 1. The van der Waals surface area contributed by atoms with E-state index >= 15 is 0 Å². The molecule has 0 radical (unpaired) electrons. The predicted octanol–water partition coefficient (Wildman–Crippen LogP) is 0.428. The van der Waals surface area contributed by atoms with Crippen molar-refractivity contribution >= 4 is 5.69 Å². The van der Waals surface area contributed by atoms with E-state index in [1.54, 1.807) is 0 Å². The van der Waals surface area contributed by atoms with E-state index in [2.05, 4.69) is 5.32 Å². The lowest BCUT2D eigenvalue weighted by atomic mass is 10.3. The fourth-order valence-corrected chi connectivity index (χ4v) is 1.05. The van der Waals surface area contributed by atoms with Gasteiger partial charge in [-0.3, -0.25) is 0 Å². The van der Waals surface area contributed by atoms with Crippen molar-refractivity contribution in [3.8, 4) is 5.75 Å². The van der Waals surface area contributed by atoms with Crippen molar-refractivity contribution in [2.24, 2.45) is 5.73 Å². The summed E-state index contributed by atoms with van der Waals surface area (Å²) in [4.78, 5) is 0. The Hall–Kier alpha value is -1.26.